The molecule has 1 aromatic carbocycles. The van der Waals surface area contributed by atoms with Crippen molar-refractivity contribution in [2.24, 2.45) is 0 Å². The Balaban J connectivity index is 3.30. The van der Waals surface area contributed by atoms with E-state index in [0.29, 0.717) is 10.0 Å². The third-order valence-corrected chi connectivity index (χ3v) is 3.73. The van der Waals surface area contributed by atoms with E-state index in [-0.39, 0.29) is 11.3 Å². The number of halogens is 4. The molecule has 0 aromatic heterocycles. The lowest BCUT2D eigenvalue weighted by Gasteiger charge is -2.14. The van der Waals surface area contributed by atoms with E-state index >= 15 is 0 Å². The van der Waals surface area contributed by atoms with Gasteiger partial charge in [-0.25, -0.2) is 8.78 Å². The molecule has 0 aliphatic heterocycles. The lowest BCUT2D eigenvalue weighted by Crippen LogP contribution is -2.06. The van der Waals surface area contributed by atoms with Crippen molar-refractivity contribution >= 4 is 37.6 Å². The molecular weight excluding hydrogens is 334 g/mol. The maximum atomic E-state index is 12.7. The van der Waals surface area contributed by atoms with Crippen LogP contribution in [0, 0.1) is 0 Å². The molecule has 1 nitrogen and oxygen atoms in total. The summed E-state index contributed by atoms with van der Waals surface area (Å²) in [4.78, 5) is 10.5. The highest BCUT2D eigenvalue weighted by molar-refractivity contribution is 9.11. The average molecular weight is 342 g/mol. The van der Waals surface area contributed by atoms with E-state index < -0.39 is 11.3 Å². The minimum atomic E-state index is -2.59. The summed E-state index contributed by atoms with van der Waals surface area (Å²) in [5.41, 5.74) is 0.182. The van der Waals surface area contributed by atoms with Crippen molar-refractivity contribution in [2.75, 3.05) is 0 Å². The Morgan fingerprint density at radius 3 is 2.47 bits per heavy atom. The molecule has 0 fully saturated rings. The van der Waals surface area contributed by atoms with Gasteiger partial charge in [0, 0.05) is 10.0 Å². The van der Waals surface area contributed by atoms with E-state index in [1.165, 1.54) is 19.1 Å². The molecule has 0 bridgehead atoms. The average Bonchev–Trinajstić information content (AvgIpc) is 2.16. The third kappa shape index (κ3) is 2.84. The Morgan fingerprint density at radius 1 is 1.40 bits per heavy atom. The van der Waals surface area contributed by atoms with Gasteiger partial charge in [0.1, 0.15) is 5.78 Å². The summed E-state index contributed by atoms with van der Waals surface area (Å²) in [6, 6.07) is 4.48. The summed E-state index contributed by atoms with van der Waals surface area (Å²) in [6.07, 6.45) is -2.59. The number of rotatable bonds is 3. The van der Waals surface area contributed by atoms with Crippen LogP contribution < -0.4 is 0 Å². The Kier molecular flexibility index (Phi) is 4.40. The molecule has 0 amide bonds. The van der Waals surface area contributed by atoms with Crippen molar-refractivity contribution < 1.29 is 13.6 Å². The maximum absolute atomic E-state index is 12.7. The van der Waals surface area contributed by atoms with Gasteiger partial charge in [-0.15, -0.1) is 0 Å². The van der Waals surface area contributed by atoms with Gasteiger partial charge in [-0.3, -0.25) is 4.79 Å². The first-order valence-electron chi connectivity index (χ1n) is 4.16. The number of ketones is 1. The van der Waals surface area contributed by atoms with Crippen LogP contribution in [0.3, 0.4) is 0 Å². The second-order valence-electron chi connectivity index (χ2n) is 3.02. The van der Waals surface area contributed by atoms with Crippen molar-refractivity contribution in [1.29, 1.82) is 0 Å². The van der Waals surface area contributed by atoms with E-state index in [1.807, 2.05) is 0 Å². The van der Waals surface area contributed by atoms with Gasteiger partial charge < -0.3 is 0 Å². The first kappa shape index (κ1) is 12.8. The van der Waals surface area contributed by atoms with Crippen LogP contribution in [-0.2, 0) is 4.79 Å². The van der Waals surface area contributed by atoms with Gasteiger partial charge >= 0.3 is 0 Å². The molecule has 0 spiro atoms. The Bertz CT molecular complexity index is 380. The molecule has 0 radical (unpaired) electrons. The predicted molar refractivity (Wildman–Crippen MR) is 61.4 cm³/mol. The van der Waals surface area contributed by atoms with Crippen molar-refractivity contribution in [3.8, 4) is 0 Å². The van der Waals surface area contributed by atoms with E-state index in [2.05, 4.69) is 31.9 Å². The second kappa shape index (κ2) is 5.16. The Morgan fingerprint density at radius 2 is 2.00 bits per heavy atom. The number of benzene rings is 1. The highest BCUT2D eigenvalue weighted by Crippen LogP contribution is 2.37. The molecule has 1 rings (SSSR count). The lowest BCUT2D eigenvalue weighted by molar-refractivity contribution is -0.116. The minimum absolute atomic E-state index is 0.124. The molecule has 1 unspecified atom stereocenters. The molecular formula is C10H8Br2F2O. The van der Waals surface area contributed by atoms with E-state index in [9.17, 15) is 13.6 Å². The van der Waals surface area contributed by atoms with Crippen molar-refractivity contribution in [1.82, 2.24) is 0 Å². The van der Waals surface area contributed by atoms with Crippen LogP contribution in [0.25, 0.3) is 0 Å². The van der Waals surface area contributed by atoms with Gasteiger partial charge in [0.15, 0.2) is 0 Å². The van der Waals surface area contributed by atoms with Crippen LogP contribution in [0.15, 0.2) is 22.7 Å². The zero-order chi connectivity index (χ0) is 11.6. The highest BCUT2D eigenvalue weighted by atomic mass is 79.9. The normalized spacial score (nSPS) is 12.9. The fourth-order valence-corrected chi connectivity index (χ4v) is 2.64. The molecule has 1 aromatic rings. The van der Waals surface area contributed by atoms with Crippen LogP contribution in [0.5, 0.6) is 0 Å². The predicted octanol–water partition coefficient (Wildman–Crippen LogP) is 4.41. The molecule has 0 N–H and O–H groups in total. The van der Waals surface area contributed by atoms with Crippen LogP contribution in [0.4, 0.5) is 8.78 Å². The first-order chi connectivity index (χ1) is 6.95. The number of hydrogen-bond donors (Lipinski definition) is 0. The van der Waals surface area contributed by atoms with Gasteiger partial charge in [-0.2, -0.15) is 0 Å². The summed E-state index contributed by atoms with van der Waals surface area (Å²) in [5, 5.41) is 0. The van der Waals surface area contributed by atoms with Crippen molar-refractivity contribution in [3.63, 3.8) is 0 Å². The Hall–Kier alpha value is -0.290. The third-order valence-electron chi connectivity index (χ3n) is 1.93. The van der Waals surface area contributed by atoms with Crippen molar-refractivity contribution in [3.05, 3.63) is 33.8 Å². The van der Waals surface area contributed by atoms with Crippen LogP contribution in [0.2, 0.25) is 0 Å². The number of carbonyl (C=O) groups excluding carboxylic acids is 1. The number of hydrogen-bond acceptors (Lipinski definition) is 1. The Labute approximate surface area is 103 Å². The van der Waals surface area contributed by atoms with Gasteiger partial charge in [-0.05, 0) is 18.6 Å². The van der Waals surface area contributed by atoms with E-state index in [0.717, 1.165) is 0 Å². The molecule has 15 heavy (non-hydrogen) atoms. The number of Topliss-reactive ketones (excluding diaryl/α,β-unsaturated/α-hetero) is 1. The van der Waals surface area contributed by atoms with Crippen LogP contribution in [-0.4, -0.2) is 5.78 Å². The van der Waals surface area contributed by atoms with Gasteiger partial charge in [0.25, 0.3) is 6.43 Å². The number of carbonyl (C=O) groups is 1. The molecule has 0 aliphatic rings. The largest absolute Gasteiger partial charge is 0.298 e. The fourth-order valence-electron chi connectivity index (χ4n) is 1.21. The monoisotopic (exact) mass is 340 g/mol. The van der Waals surface area contributed by atoms with Gasteiger partial charge in [0.2, 0.25) is 0 Å². The lowest BCUT2D eigenvalue weighted by atomic mass is 10.0. The molecule has 0 saturated carbocycles. The first-order valence-corrected chi connectivity index (χ1v) is 5.87. The molecule has 82 valence electrons. The molecule has 0 heterocycles. The smallest absolute Gasteiger partial charge is 0.264 e. The van der Waals surface area contributed by atoms with E-state index in [1.54, 1.807) is 6.07 Å². The maximum Gasteiger partial charge on any atom is 0.264 e. The summed E-state index contributed by atoms with van der Waals surface area (Å²) in [5.74, 6) is -0.205. The fraction of sp³-hybridized carbons (Fsp3) is 0.300. The second-order valence-corrected chi connectivity index (χ2v) is 4.79. The van der Waals surface area contributed by atoms with Gasteiger partial charge in [-0.1, -0.05) is 44.0 Å². The van der Waals surface area contributed by atoms with Crippen molar-refractivity contribution in [2.45, 2.75) is 18.2 Å². The highest BCUT2D eigenvalue weighted by Gasteiger charge is 2.23. The minimum Gasteiger partial charge on any atom is -0.298 e. The molecule has 5 heteroatoms. The number of alkyl halides is 3. The topological polar surface area (TPSA) is 17.1 Å². The zero-order valence-electron chi connectivity index (χ0n) is 7.81. The quantitative estimate of drug-likeness (QED) is 0.744. The van der Waals surface area contributed by atoms with Crippen LogP contribution in [0.1, 0.15) is 29.3 Å². The van der Waals surface area contributed by atoms with Gasteiger partial charge in [0.05, 0.1) is 4.83 Å². The zero-order valence-corrected chi connectivity index (χ0v) is 11.0. The van der Waals surface area contributed by atoms with E-state index in [4.69, 9.17) is 0 Å². The molecule has 0 aliphatic carbocycles. The standard InChI is InChI=1S/C10H8Br2F2O/c1-5(15)9(12)8-6(10(13)14)3-2-4-7(8)11/h2-4,9-10H,1H3. The summed E-state index contributed by atoms with van der Waals surface area (Å²) in [7, 11) is 0. The molecule has 0 saturated heterocycles. The summed E-state index contributed by atoms with van der Waals surface area (Å²) < 4.78 is 25.9. The summed E-state index contributed by atoms with van der Waals surface area (Å²) >= 11 is 6.28. The SMILES string of the molecule is CC(=O)C(Br)c1c(Br)cccc1C(F)F. The summed E-state index contributed by atoms with van der Waals surface area (Å²) in [6.45, 7) is 1.36. The van der Waals surface area contributed by atoms with Crippen LogP contribution >= 0.6 is 31.9 Å². The molecule has 1 atom stereocenters.